The van der Waals surface area contributed by atoms with E-state index in [4.69, 9.17) is 16.3 Å². The van der Waals surface area contributed by atoms with Crippen molar-refractivity contribution in [1.82, 2.24) is 0 Å². The third-order valence-corrected chi connectivity index (χ3v) is 4.86. The van der Waals surface area contributed by atoms with Gasteiger partial charge in [0.15, 0.2) is 0 Å². The lowest BCUT2D eigenvalue weighted by molar-refractivity contribution is 0.399. The van der Waals surface area contributed by atoms with Crippen LogP contribution in [0.2, 0.25) is 5.02 Å². The average Bonchev–Trinajstić information content (AvgIpc) is 3.03. The molecule has 2 bridgehead atoms. The van der Waals surface area contributed by atoms with Gasteiger partial charge in [-0.2, -0.15) is 0 Å². The zero-order valence-electron chi connectivity index (χ0n) is 11.4. The van der Waals surface area contributed by atoms with Crippen LogP contribution < -0.4 is 10.1 Å². The number of hydrogen-bond donors (Lipinski definition) is 1. The Morgan fingerprint density at radius 3 is 2.79 bits per heavy atom. The largest absolute Gasteiger partial charge is 0.497 e. The highest BCUT2D eigenvalue weighted by Crippen LogP contribution is 2.45. The van der Waals surface area contributed by atoms with Crippen LogP contribution in [0.4, 0.5) is 5.69 Å². The number of ether oxygens (including phenoxy) is 1. The topological polar surface area (TPSA) is 21.3 Å². The van der Waals surface area contributed by atoms with E-state index in [2.05, 4.69) is 24.4 Å². The summed E-state index contributed by atoms with van der Waals surface area (Å²) in [5.74, 6) is 3.11. The van der Waals surface area contributed by atoms with E-state index in [1.54, 1.807) is 7.11 Å². The van der Waals surface area contributed by atoms with Crippen LogP contribution in [0.15, 0.2) is 30.4 Å². The van der Waals surface area contributed by atoms with Gasteiger partial charge in [0.1, 0.15) is 5.75 Å². The molecule has 2 aliphatic rings. The first kappa shape index (κ1) is 12.9. The number of hydrogen-bond acceptors (Lipinski definition) is 2. The molecule has 3 heteroatoms. The number of methoxy groups -OCH3 is 1. The summed E-state index contributed by atoms with van der Waals surface area (Å²) in [6, 6.07) is 6.18. The predicted molar refractivity (Wildman–Crippen MR) is 79.9 cm³/mol. The van der Waals surface area contributed by atoms with Gasteiger partial charge in [0.25, 0.3) is 0 Å². The third-order valence-electron chi connectivity index (χ3n) is 4.53. The summed E-state index contributed by atoms with van der Waals surface area (Å²) in [5.41, 5.74) is 0.972. The van der Waals surface area contributed by atoms with Crippen molar-refractivity contribution >= 4 is 17.3 Å². The normalized spacial score (nSPS) is 29.5. The van der Waals surface area contributed by atoms with Gasteiger partial charge >= 0.3 is 0 Å². The molecular weight excluding hydrogens is 258 g/mol. The highest BCUT2D eigenvalue weighted by Gasteiger charge is 2.38. The number of fused-ring (bicyclic) bond motifs is 2. The summed E-state index contributed by atoms with van der Waals surface area (Å²) in [6.45, 7) is 2.26. The molecule has 0 radical (unpaired) electrons. The van der Waals surface area contributed by atoms with Crippen LogP contribution in [0.3, 0.4) is 0 Å². The molecule has 0 amide bonds. The second kappa shape index (κ2) is 5.09. The van der Waals surface area contributed by atoms with Gasteiger partial charge in [0.05, 0.1) is 17.8 Å². The molecule has 4 atom stereocenters. The second-order valence-corrected chi connectivity index (χ2v) is 6.13. The maximum atomic E-state index is 6.25. The molecule has 0 saturated heterocycles. The standard InChI is InChI=1S/C16H20ClNO/c1-10(14-8-11-3-4-12(14)7-11)18-16-9-13(19-2)5-6-15(16)17/h3-6,9-12,14,18H,7-8H2,1-2H3. The lowest BCUT2D eigenvalue weighted by Crippen LogP contribution is -2.28. The zero-order valence-corrected chi connectivity index (χ0v) is 12.2. The van der Waals surface area contributed by atoms with E-state index in [0.29, 0.717) is 6.04 Å². The molecule has 1 aromatic carbocycles. The van der Waals surface area contributed by atoms with Crippen LogP contribution in [0.5, 0.6) is 5.75 Å². The Labute approximate surface area is 119 Å². The molecule has 1 aromatic rings. The monoisotopic (exact) mass is 277 g/mol. The molecule has 0 aliphatic heterocycles. The molecule has 1 N–H and O–H groups in total. The molecule has 2 aliphatic carbocycles. The first-order valence-corrected chi connectivity index (χ1v) is 7.33. The molecule has 102 valence electrons. The molecule has 0 spiro atoms. The quantitative estimate of drug-likeness (QED) is 0.826. The van der Waals surface area contributed by atoms with Gasteiger partial charge in [-0.1, -0.05) is 23.8 Å². The molecular formula is C16H20ClNO. The first-order valence-electron chi connectivity index (χ1n) is 6.96. The Bertz CT molecular complexity index is 500. The lowest BCUT2D eigenvalue weighted by atomic mass is 9.87. The molecule has 0 heterocycles. The Kier molecular flexibility index (Phi) is 3.44. The number of anilines is 1. The summed E-state index contributed by atoms with van der Waals surface area (Å²) < 4.78 is 5.26. The van der Waals surface area contributed by atoms with Gasteiger partial charge < -0.3 is 10.1 Å². The Balaban J connectivity index is 1.72. The molecule has 1 fully saturated rings. The van der Waals surface area contributed by atoms with Crippen LogP contribution in [0.25, 0.3) is 0 Å². The summed E-state index contributed by atoms with van der Waals surface area (Å²) >= 11 is 6.25. The van der Waals surface area contributed by atoms with E-state index in [1.165, 1.54) is 12.8 Å². The van der Waals surface area contributed by atoms with E-state index in [1.807, 2.05) is 18.2 Å². The van der Waals surface area contributed by atoms with Crippen molar-refractivity contribution in [3.05, 3.63) is 35.4 Å². The Morgan fingerprint density at radius 1 is 1.32 bits per heavy atom. The maximum absolute atomic E-state index is 6.25. The van der Waals surface area contributed by atoms with Crippen molar-refractivity contribution in [1.29, 1.82) is 0 Å². The second-order valence-electron chi connectivity index (χ2n) is 5.72. The van der Waals surface area contributed by atoms with Crippen LogP contribution in [-0.4, -0.2) is 13.2 Å². The first-order chi connectivity index (χ1) is 9.17. The molecule has 1 saturated carbocycles. The fraction of sp³-hybridized carbons (Fsp3) is 0.500. The predicted octanol–water partition coefficient (Wildman–Crippen LogP) is 4.36. The van der Waals surface area contributed by atoms with Crippen LogP contribution >= 0.6 is 11.6 Å². The number of benzene rings is 1. The van der Waals surface area contributed by atoms with Crippen LogP contribution in [-0.2, 0) is 0 Å². The molecule has 3 rings (SSSR count). The number of nitrogens with one attached hydrogen (secondary N) is 1. The highest BCUT2D eigenvalue weighted by molar-refractivity contribution is 6.33. The summed E-state index contributed by atoms with van der Waals surface area (Å²) in [7, 11) is 1.68. The van der Waals surface area contributed by atoms with Gasteiger partial charge in [-0.05, 0) is 49.7 Å². The van der Waals surface area contributed by atoms with E-state index >= 15 is 0 Å². The molecule has 0 aromatic heterocycles. The maximum Gasteiger partial charge on any atom is 0.121 e. The van der Waals surface area contributed by atoms with Gasteiger partial charge in [-0.25, -0.2) is 0 Å². The SMILES string of the molecule is COc1ccc(Cl)c(NC(C)C2CC3C=CC2C3)c1. The van der Waals surface area contributed by atoms with E-state index < -0.39 is 0 Å². The Hall–Kier alpha value is -1.15. The lowest BCUT2D eigenvalue weighted by Gasteiger charge is -2.27. The van der Waals surface area contributed by atoms with Gasteiger partial charge in [-0.3, -0.25) is 0 Å². The minimum absolute atomic E-state index is 0.435. The van der Waals surface area contributed by atoms with E-state index in [9.17, 15) is 0 Å². The van der Waals surface area contributed by atoms with Crippen molar-refractivity contribution < 1.29 is 4.74 Å². The minimum Gasteiger partial charge on any atom is -0.497 e. The van der Waals surface area contributed by atoms with Crippen molar-refractivity contribution in [3.63, 3.8) is 0 Å². The smallest absolute Gasteiger partial charge is 0.121 e. The summed E-state index contributed by atoms with van der Waals surface area (Å²) in [6.07, 6.45) is 7.41. The fourth-order valence-electron chi connectivity index (χ4n) is 3.49. The third kappa shape index (κ3) is 2.46. The van der Waals surface area contributed by atoms with Crippen molar-refractivity contribution in [2.24, 2.45) is 17.8 Å². The van der Waals surface area contributed by atoms with Gasteiger partial charge in [0, 0.05) is 12.1 Å². The number of rotatable bonds is 4. The molecule has 19 heavy (non-hydrogen) atoms. The number of allylic oxidation sites excluding steroid dienone is 2. The van der Waals surface area contributed by atoms with E-state index in [0.717, 1.165) is 34.2 Å². The number of halogens is 1. The zero-order chi connectivity index (χ0) is 13.4. The van der Waals surface area contributed by atoms with Crippen LogP contribution in [0, 0.1) is 17.8 Å². The summed E-state index contributed by atoms with van der Waals surface area (Å²) in [5, 5.41) is 4.32. The fourth-order valence-corrected chi connectivity index (χ4v) is 3.66. The average molecular weight is 278 g/mol. The van der Waals surface area contributed by atoms with Gasteiger partial charge in [-0.15, -0.1) is 0 Å². The van der Waals surface area contributed by atoms with Crippen molar-refractivity contribution in [3.8, 4) is 5.75 Å². The van der Waals surface area contributed by atoms with Crippen LogP contribution in [0.1, 0.15) is 19.8 Å². The Morgan fingerprint density at radius 2 is 2.16 bits per heavy atom. The van der Waals surface area contributed by atoms with Gasteiger partial charge in [0.2, 0.25) is 0 Å². The highest BCUT2D eigenvalue weighted by atomic mass is 35.5. The van der Waals surface area contributed by atoms with E-state index in [-0.39, 0.29) is 0 Å². The summed E-state index contributed by atoms with van der Waals surface area (Å²) in [4.78, 5) is 0. The minimum atomic E-state index is 0.435. The van der Waals surface area contributed by atoms with Crippen molar-refractivity contribution in [2.45, 2.75) is 25.8 Å². The van der Waals surface area contributed by atoms with Crippen molar-refractivity contribution in [2.75, 3.05) is 12.4 Å². The molecule has 4 unspecified atom stereocenters. The molecule has 2 nitrogen and oxygen atoms in total.